The zero-order valence-electron chi connectivity index (χ0n) is 24.5. The lowest BCUT2D eigenvalue weighted by Crippen LogP contribution is -2.42. The molecule has 4 heterocycles. The Bertz CT molecular complexity index is 1620. The lowest BCUT2D eigenvalue weighted by molar-refractivity contribution is 0.249. The minimum absolute atomic E-state index is 0.000583. The Balaban J connectivity index is 1.32. The predicted octanol–water partition coefficient (Wildman–Crippen LogP) is 4.58. The van der Waals surface area contributed by atoms with Crippen LogP contribution < -0.4 is 14.5 Å². The third kappa shape index (κ3) is 5.44. The number of hydrogen-bond acceptors (Lipinski definition) is 8. The fourth-order valence-electron chi connectivity index (χ4n) is 6.48. The molecule has 42 heavy (non-hydrogen) atoms. The van der Waals surface area contributed by atoms with Crippen LogP contribution in [0.2, 0.25) is 0 Å². The van der Waals surface area contributed by atoms with Crippen molar-refractivity contribution in [2.75, 3.05) is 50.1 Å². The van der Waals surface area contributed by atoms with Crippen molar-refractivity contribution in [3.63, 3.8) is 0 Å². The molecular formula is C31H37F2N5O3S. The van der Waals surface area contributed by atoms with Crippen molar-refractivity contribution >= 4 is 21.2 Å². The Labute approximate surface area is 246 Å². The lowest BCUT2D eigenvalue weighted by Gasteiger charge is -2.37. The van der Waals surface area contributed by atoms with Crippen molar-refractivity contribution in [1.29, 1.82) is 0 Å². The minimum Gasteiger partial charge on any atom is -0.486 e. The highest BCUT2D eigenvalue weighted by Gasteiger charge is 2.33. The summed E-state index contributed by atoms with van der Waals surface area (Å²) in [6.07, 6.45) is 3.38. The largest absolute Gasteiger partial charge is 0.486 e. The Morgan fingerprint density at radius 3 is 2.48 bits per heavy atom. The standard InChI is InChI=1S/C31H37F2N5O3S/c1-19(2)38-11-12-41-31-25(32)13-21(14-28(31)38)30-26(33)16-34-29(35-30)15-20-5-6-27(24-18-42(39,40)17-23(20)24)37-9-7-22(8-10-37)36(3)4/h5-6,13-14,16,19,22H,7-12,15,17-18H2,1-4H3. The molecule has 224 valence electrons. The SMILES string of the molecule is CC(C)N1CCOc2c(F)cc(-c3nc(Cc4ccc(N5CCC(N(C)C)CC5)c5c4CS(=O)(=O)C5)ncc3F)cc21. The normalized spacial score (nSPS) is 18.4. The molecule has 3 aromatic rings. The second-order valence-electron chi connectivity index (χ2n) is 12.0. The van der Waals surface area contributed by atoms with Gasteiger partial charge >= 0.3 is 0 Å². The van der Waals surface area contributed by atoms with Gasteiger partial charge < -0.3 is 19.4 Å². The van der Waals surface area contributed by atoms with E-state index >= 15 is 8.78 Å². The van der Waals surface area contributed by atoms with Crippen LogP contribution >= 0.6 is 0 Å². The fraction of sp³-hybridized carbons (Fsp3) is 0.484. The molecule has 0 saturated carbocycles. The zero-order chi connectivity index (χ0) is 29.8. The average molecular weight is 598 g/mol. The highest BCUT2D eigenvalue weighted by molar-refractivity contribution is 7.90. The molecule has 0 atom stereocenters. The van der Waals surface area contributed by atoms with Gasteiger partial charge in [-0.15, -0.1) is 0 Å². The third-order valence-corrected chi connectivity index (χ3v) is 10.2. The topological polar surface area (TPSA) is 78.9 Å². The van der Waals surface area contributed by atoms with Crippen molar-refractivity contribution in [1.82, 2.24) is 14.9 Å². The summed E-state index contributed by atoms with van der Waals surface area (Å²) in [5.41, 5.74) is 4.30. The van der Waals surface area contributed by atoms with E-state index in [1.165, 1.54) is 6.07 Å². The van der Waals surface area contributed by atoms with Gasteiger partial charge in [-0.2, -0.15) is 0 Å². The van der Waals surface area contributed by atoms with Crippen molar-refractivity contribution in [3.8, 4) is 17.0 Å². The Hall–Kier alpha value is -3.31. The van der Waals surface area contributed by atoms with E-state index in [1.807, 2.05) is 30.9 Å². The number of fused-ring (bicyclic) bond motifs is 2. The number of halogens is 2. The first-order valence-corrected chi connectivity index (χ1v) is 16.3. The first-order valence-electron chi connectivity index (χ1n) is 14.5. The van der Waals surface area contributed by atoms with Gasteiger partial charge in [0.25, 0.3) is 0 Å². The van der Waals surface area contributed by atoms with E-state index in [0.717, 1.165) is 54.5 Å². The van der Waals surface area contributed by atoms with Gasteiger partial charge in [0, 0.05) is 42.8 Å². The van der Waals surface area contributed by atoms with Crippen LogP contribution in [-0.2, 0) is 27.8 Å². The molecular weight excluding hydrogens is 560 g/mol. The quantitative estimate of drug-likeness (QED) is 0.409. The summed E-state index contributed by atoms with van der Waals surface area (Å²) < 4.78 is 61.4. The second-order valence-corrected chi connectivity index (χ2v) is 14.1. The molecule has 0 radical (unpaired) electrons. The van der Waals surface area contributed by atoms with E-state index in [4.69, 9.17) is 4.74 Å². The maximum Gasteiger partial charge on any atom is 0.178 e. The molecule has 1 saturated heterocycles. The van der Waals surface area contributed by atoms with E-state index in [0.29, 0.717) is 36.3 Å². The average Bonchev–Trinajstić information content (AvgIpc) is 3.29. The number of anilines is 2. The van der Waals surface area contributed by atoms with Crippen LogP contribution in [0.1, 0.15) is 49.2 Å². The molecule has 0 amide bonds. The number of piperidine rings is 1. The van der Waals surface area contributed by atoms with Crippen LogP contribution in [-0.4, -0.2) is 75.7 Å². The molecule has 0 N–H and O–H groups in total. The van der Waals surface area contributed by atoms with Gasteiger partial charge in [0.05, 0.1) is 29.9 Å². The summed E-state index contributed by atoms with van der Waals surface area (Å²) in [6.45, 7) is 6.74. The molecule has 6 rings (SSSR count). The smallest absolute Gasteiger partial charge is 0.178 e. The van der Waals surface area contributed by atoms with Crippen molar-refractivity contribution < 1.29 is 21.9 Å². The van der Waals surface area contributed by atoms with Gasteiger partial charge in [0.1, 0.15) is 18.1 Å². The first-order chi connectivity index (χ1) is 20.0. The lowest BCUT2D eigenvalue weighted by atomic mass is 9.96. The molecule has 0 unspecified atom stereocenters. The van der Waals surface area contributed by atoms with Crippen LogP contribution in [0, 0.1) is 11.6 Å². The summed E-state index contributed by atoms with van der Waals surface area (Å²) >= 11 is 0. The Kier molecular flexibility index (Phi) is 7.59. The summed E-state index contributed by atoms with van der Waals surface area (Å²) in [7, 11) is 0.909. The maximum absolute atomic E-state index is 15.1. The summed E-state index contributed by atoms with van der Waals surface area (Å²) in [6, 6.07) is 7.55. The first kappa shape index (κ1) is 28.8. The van der Waals surface area contributed by atoms with Gasteiger partial charge in [0.15, 0.2) is 27.2 Å². The number of hydrogen-bond donors (Lipinski definition) is 0. The van der Waals surface area contributed by atoms with Crippen LogP contribution in [0.25, 0.3) is 11.3 Å². The van der Waals surface area contributed by atoms with Crippen molar-refractivity contribution in [3.05, 3.63) is 64.6 Å². The molecule has 1 aromatic heterocycles. The highest BCUT2D eigenvalue weighted by Crippen LogP contribution is 2.40. The molecule has 3 aliphatic rings. The number of rotatable bonds is 6. The number of benzene rings is 2. The Morgan fingerprint density at radius 2 is 1.76 bits per heavy atom. The molecule has 11 heteroatoms. The molecule has 2 aromatic carbocycles. The van der Waals surface area contributed by atoms with Gasteiger partial charge in [-0.25, -0.2) is 27.2 Å². The van der Waals surface area contributed by atoms with Gasteiger partial charge in [-0.05, 0) is 75.7 Å². The minimum atomic E-state index is -3.28. The molecule has 1 fully saturated rings. The number of ether oxygens (including phenoxy) is 1. The van der Waals surface area contributed by atoms with E-state index < -0.39 is 21.5 Å². The number of sulfone groups is 1. The highest BCUT2D eigenvalue weighted by atomic mass is 32.2. The molecule has 8 nitrogen and oxygen atoms in total. The monoisotopic (exact) mass is 597 g/mol. The van der Waals surface area contributed by atoms with Crippen LogP contribution in [0.15, 0.2) is 30.5 Å². The van der Waals surface area contributed by atoms with Crippen LogP contribution in [0.3, 0.4) is 0 Å². The summed E-state index contributed by atoms with van der Waals surface area (Å²) in [4.78, 5) is 15.3. The fourth-order valence-corrected chi connectivity index (χ4v) is 8.15. The van der Waals surface area contributed by atoms with Crippen molar-refractivity contribution in [2.45, 2.75) is 56.7 Å². The molecule has 3 aliphatic heterocycles. The van der Waals surface area contributed by atoms with Crippen LogP contribution in [0.4, 0.5) is 20.2 Å². The van der Waals surface area contributed by atoms with E-state index in [2.05, 4.69) is 33.9 Å². The molecule has 0 aliphatic carbocycles. The molecule has 0 bridgehead atoms. The van der Waals surface area contributed by atoms with Gasteiger partial charge in [0.2, 0.25) is 0 Å². The van der Waals surface area contributed by atoms with Crippen LogP contribution in [0.5, 0.6) is 5.75 Å². The maximum atomic E-state index is 15.1. The zero-order valence-corrected chi connectivity index (χ0v) is 25.3. The summed E-state index contributed by atoms with van der Waals surface area (Å²) in [5, 5.41) is 0. The van der Waals surface area contributed by atoms with Gasteiger partial charge in [-0.1, -0.05) is 6.07 Å². The molecule has 0 spiro atoms. The van der Waals surface area contributed by atoms with E-state index in [9.17, 15) is 8.42 Å². The van der Waals surface area contributed by atoms with E-state index in [-0.39, 0.29) is 35.4 Å². The number of aromatic nitrogens is 2. The Morgan fingerprint density at radius 1 is 1.02 bits per heavy atom. The number of nitrogens with zero attached hydrogens (tertiary/aromatic N) is 5. The third-order valence-electron chi connectivity index (χ3n) is 8.72. The predicted molar refractivity (Wildman–Crippen MR) is 160 cm³/mol. The second kappa shape index (κ2) is 11.1. The summed E-state index contributed by atoms with van der Waals surface area (Å²) in [5.74, 6) is -0.744. The van der Waals surface area contributed by atoms with Gasteiger partial charge in [-0.3, -0.25) is 0 Å². The van der Waals surface area contributed by atoms with E-state index in [1.54, 1.807) is 6.07 Å². The van der Waals surface area contributed by atoms with Crippen molar-refractivity contribution in [2.24, 2.45) is 0 Å².